The first-order chi connectivity index (χ1) is 11.6. The van der Waals surface area contributed by atoms with E-state index in [0.717, 1.165) is 37.0 Å². The van der Waals surface area contributed by atoms with E-state index >= 15 is 0 Å². The molecule has 25 heavy (non-hydrogen) atoms. The van der Waals surface area contributed by atoms with E-state index in [-0.39, 0.29) is 24.0 Å². The molecule has 1 aliphatic heterocycles. The van der Waals surface area contributed by atoms with Crippen LogP contribution in [0, 0.1) is 0 Å². The molecule has 1 aromatic rings. The quantitative estimate of drug-likeness (QED) is 0.267. The second-order valence-corrected chi connectivity index (χ2v) is 7.04. The van der Waals surface area contributed by atoms with Crippen molar-refractivity contribution in [3.05, 3.63) is 23.0 Å². The largest absolute Gasteiger partial charge is 0.357 e. The molecule has 1 N–H and O–H groups in total. The van der Waals surface area contributed by atoms with E-state index in [9.17, 15) is 0 Å². The third-order valence-corrected chi connectivity index (χ3v) is 4.72. The Balaban J connectivity index is 0.00000312. The number of likely N-dealkylation sites (tertiary alicyclic amines) is 1. The third-order valence-electron chi connectivity index (χ3n) is 4.51. The summed E-state index contributed by atoms with van der Waals surface area (Å²) in [5, 5.41) is 4.17. The zero-order valence-electron chi connectivity index (χ0n) is 15.8. The molecule has 0 aliphatic carbocycles. The van der Waals surface area contributed by atoms with Crippen LogP contribution in [-0.2, 0) is 13.6 Å². The average molecular weight is 482 g/mol. The van der Waals surface area contributed by atoms with Gasteiger partial charge in [0.15, 0.2) is 5.96 Å². The van der Waals surface area contributed by atoms with Gasteiger partial charge in [-0.25, -0.2) is 0 Å². The third kappa shape index (κ3) is 7.74. The summed E-state index contributed by atoms with van der Waals surface area (Å²) in [5.41, 5.74) is 1.18. The molecular weight excluding hydrogens is 449 g/mol. The van der Waals surface area contributed by atoms with Crippen LogP contribution >= 0.6 is 35.6 Å². The van der Waals surface area contributed by atoms with Crippen molar-refractivity contribution in [3.8, 4) is 0 Å². The smallest absolute Gasteiger partial charge is 0.194 e. The lowest BCUT2D eigenvalue weighted by atomic mass is 10.3. The highest BCUT2D eigenvalue weighted by atomic mass is 127. The van der Waals surface area contributed by atoms with Crippen molar-refractivity contribution in [1.29, 1.82) is 0 Å². The SMILES string of the molecule is CCNC(=NCCCCN1CCCC1)N(C)Cc1cc(Cl)cn1C.I. The molecule has 1 fully saturated rings. The van der Waals surface area contributed by atoms with Gasteiger partial charge in [0.25, 0.3) is 0 Å². The molecule has 0 spiro atoms. The first-order valence-electron chi connectivity index (χ1n) is 9.12. The van der Waals surface area contributed by atoms with Crippen LogP contribution < -0.4 is 5.32 Å². The van der Waals surface area contributed by atoms with Crippen LogP contribution in [0.1, 0.15) is 38.3 Å². The summed E-state index contributed by atoms with van der Waals surface area (Å²) in [6.45, 7) is 8.46. The lowest BCUT2D eigenvalue weighted by molar-refractivity contribution is 0.331. The average Bonchev–Trinajstić information content (AvgIpc) is 3.16. The molecule has 1 aliphatic rings. The van der Waals surface area contributed by atoms with Crippen molar-refractivity contribution in [2.24, 2.45) is 12.0 Å². The Morgan fingerprint density at radius 1 is 1.32 bits per heavy atom. The van der Waals surface area contributed by atoms with E-state index < -0.39 is 0 Å². The molecule has 0 saturated carbocycles. The standard InChI is InChI=1S/C18H32ClN5.HI/c1-4-20-18(21-9-5-6-10-24-11-7-8-12-24)23(3)15-17-13-16(19)14-22(17)2;/h13-14H,4-12,15H2,1-3H3,(H,20,21);1H. The number of halogens is 2. The zero-order chi connectivity index (χ0) is 17.4. The van der Waals surface area contributed by atoms with Gasteiger partial charge in [0.1, 0.15) is 0 Å². The number of nitrogens with one attached hydrogen (secondary N) is 1. The number of aromatic nitrogens is 1. The predicted octanol–water partition coefficient (Wildman–Crippen LogP) is 3.57. The summed E-state index contributed by atoms with van der Waals surface area (Å²) in [4.78, 5) is 9.51. The second-order valence-electron chi connectivity index (χ2n) is 6.61. The summed E-state index contributed by atoms with van der Waals surface area (Å²) < 4.78 is 2.07. The van der Waals surface area contributed by atoms with Crippen LogP contribution in [0.15, 0.2) is 17.3 Å². The van der Waals surface area contributed by atoms with Gasteiger partial charge in [0, 0.05) is 39.1 Å². The molecule has 0 atom stereocenters. The number of guanidine groups is 1. The molecule has 0 aromatic carbocycles. The Labute approximate surface area is 174 Å². The minimum atomic E-state index is 0. The Kier molecular flexibility index (Phi) is 10.8. The molecule has 5 nitrogen and oxygen atoms in total. The maximum atomic E-state index is 6.07. The Morgan fingerprint density at radius 2 is 2.04 bits per heavy atom. The van der Waals surface area contributed by atoms with Crippen molar-refractivity contribution < 1.29 is 0 Å². The fourth-order valence-corrected chi connectivity index (χ4v) is 3.42. The first-order valence-corrected chi connectivity index (χ1v) is 9.50. The van der Waals surface area contributed by atoms with Crippen LogP contribution in [0.3, 0.4) is 0 Å². The summed E-state index contributed by atoms with van der Waals surface area (Å²) >= 11 is 6.07. The summed E-state index contributed by atoms with van der Waals surface area (Å²) in [6, 6.07) is 2.01. The highest BCUT2D eigenvalue weighted by Crippen LogP contribution is 2.14. The van der Waals surface area contributed by atoms with Gasteiger partial charge in [-0.3, -0.25) is 4.99 Å². The van der Waals surface area contributed by atoms with Crippen LogP contribution in [0.4, 0.5) is 0 Å². The van der Waals surface area contributed by atoms with E-state index in [1.807, 2.05) is 19.3 Å². The normalized spacial score (nSPS) is 15.3. The molecule has 0 bridgehead atoms. The summed E-state index contributed by atoms with van der Waals surface area (Å²) in [7, 11) is 4.10. The Bertz CT molecular complexity index is 526. The molecule has 144 valence electrons. The van der Waals surface area contributed by atoms with E-state index in [4.69, 9.17) is 16.6 Å². The van der Waals surface area contributed by atoms with Gasteiger partial charge >= 0.3 is 0 Å². The Morgan fingerprint density at radius 3 is 2.64 bits per heavy atom. The fourth-order valence-electron chi connectivity index (χ4n) is 3.15. The number of hydrogen-bond acceptors (Lipinski definition) is 2. The van der Waals surface area contributed by atoms with Gasteiger partial charge in [-0.15, -0.1) is 24.0 Å². The van der Waals surface area contributed by atoms with Gasteiger partial charge in [-0.1, -0.05) is 11.6 Å². The maximum Gasteiger partial charge on any atom is 0.194 e. The summed E-state index contributed by atoms with van der Waals surface area (Å²) in [5.74, 6) is 0.969. The van der Waals surface area contributed by atoms with Crippen LogP contribution in [-0.4, -0.2) is 60.1 Å². The maximum absolute atomic E-state index is 6.07. The molecule has 2 heterocycles. The zero-order valence-corrected chi connectivity index (χ0v) is 18.9. The molecule has 1 saturated heterocycles. The molecule has 2 rings (SSSR count). The van der Waals surface area contributed by atoms with E-state index in [0.29, 0.717) is 0 Å². The van der Waals surface area contributed by atoms with Crippen molar-refractivity contribution >= 4 is 41.5 Å². The number of rotatable bonds is 8. The molecule has 1 aromatic heterocycles. The van der Waals surface area contributed by atoms with Gasteiger partial charge in [0.2, 0.25) is 0 Å². The highest BCUT2D eigenvalue weighted by Gasteiger charge is 2.11. The van der Waals surface area contributed by atoms with Crippen molar-refractivity contribution in [2.45, 2.75) is 39.2 Å². The monoisotopic (exact) mass is 481 g/mol. The van der Waals surface area contributed by atoms with E-state index in [1.54, 1.807) is 0 Å². The molecule has 0 unspecified atom stereocenters. The number of aryl methyl sites for hydroxylation is 1. The van der Waals surface area contributed by atoms with Crippen LogP contribution in [0.25, 0.3) is 0 Å². The minimum absolute atomic E-state index is 0. The number of unbranched alkanes of at least 4 members (excludes halogenated alkanes) is 1. The van der Waals surface area contributed by atoms with Gasteiger partial charge in [-0.2, -0.15) is 0 Å². The second kappa shape index (κ2) is 12.0. The van der Waals surface area contributed by atoms with Crippen molar-refractivity contribution in [3.63, 3.8) is 0 Å². The minimum Gasteiger partial charge on any atom is -0.357 e. The molecule has 0 radical (unpaired) electrons. The molecular formula is C18H33ClIN5. The van der Waals surface area contributed by atoms with Crippen LogP contribution in [0.5, 0.6) is 0 Å². The van der Waals surface area contributed by atoms with Crippen molar-refractivity contribution in [1.82, 2.24) is 19.7 Å². The summed E-state index contributed by atoms with van der Waals surface area (Å²) in [6.07, 6.45) is 7.07. The van der Waals surface area contributed by atoms with Crippen LogP contribution in [0.2, 0.25) is 5.02 Å². The molecule has 7 heteroatoms. The van der Waals surface area contributed by atoms with E-state index in [2.05, 4.69) is 33.7 Å². The highest BCUT2D eigenvalue weighted by molar-refractivity contribution is 14.0. The lowest BCUT2D eigenvalue weighted by Gasteiger charge is -2.22. The number of aliphatic imine (C=N–C) groups is 1. The number of nitrogens with zero attached hydrogens (tertiary/aromatic N) is 4. The lowest BCUT2D eigenvalue weighted by Crippen LogP contribution is -2.38. The Hall–Kier alpha value is -0.470. The van der Waals surface area contributed by atoms with Gasteiger partial charge in [0.05, 0.1) is 11.6 Å². The van der Waals surface area contributed by atoms with E-state index in [1.165, 1.54) is 44.6 Å². The van der Waals surface area contributed by atoms with Crippen molar-refractivity contribution in [2.75, 3.05) is 39.8 Å². The van der Waals surface area contributed by atoms with Gasteiger partial charge < -0.3 is 19.7 Å². The number of hydrogen-bond donors (Lipinski definition) is 1. The van der Waals surface area contributed by atoms with Gasteiger partial charge in [-0.05, 0) is 58.3 Å². The predicted molar refractivity (Wildman–Crippen MR) is 118 cm³/mol. The fraction of sp³-hybridized carbons (Fsp3) is 0.722. The topological polar surface area (TPSA) is 35.8 Å². The molecule has 0 amide bonds. The first kappa shape index (κ1) is 22.6.